The van der Waals surface area contributed by atoms with E-state index in [4.69, 9.17) is 4.42 Å². The van der Waals surface area contributed by atoms with Gasteiger partial charge in [-0.1, -0.05) is 0 Å². The van der Waals surface area contributed by atoms with Crippen molar-refractivity contribution in [3.05, 3.63) is 22.6 Å². The van der Waals surface area contributed by atoms with E-state index in [1.54, 1.807) is 4.90 Å². The maximum Gasteiger partial charge on any atom is 0.223 e. The van der Waals surface area contributed by atoms with Gasteiger partial charge in [0.05, 0.1) is 6.54 Å². The molecule has 16 heavy (non-hydrogen) atoms. The van der Waals surface area contributed by atoms with Gasteiger partial charge in [0.2, 0.25) is 5.91 Å². The largest absolute Gasteiger partial charge is 0.452 e. The molecule has 1 fully saturated rings. The van der Waals surface area contributed by atoms with E-state index >= 15 is 0 Å². The number of nitrogens with one attached hydrogen (secondary N) is 1. The van der Waals surface area contributed by atoms with Crippen LogP contribution in [-0.4, -0.2) is 30.9 Å². The molecule has 0 aliphatic carbocycles. The molecule has 0 spiro atoms. The smallest absolute Gasteiger partial charge is 0.223 e. The number of hydrogen-bond acceptors (Lipinski definition) is 3. The van der Waals surface area contributed by atoms with Crippen LogP contribution < -0.4 is 5.32 Å². The molecule has 1 aliphatic rings. The number of carbonyl (C=O) groups excluding carboxylic acids is 1. The van der Waals surface area contributed by atoms with Crippen molar-refractivity contribution in [1.29, 1.82) is 0 Å². The number of hydrogen-bond donors (Lipinski definition) is 1. The zero-order chi connectivity index (χ0) is 11.5. The Morgan fingerprint density at radius 2 is 2.38 bits per heavy atom. The third kappa shape index (κ3) is 2.86. The maximum absolute atomic E-state index is 11.8. The second kappa shape index (κ2) is 5.01. The molecule has 2 heterocycles. The summed E-state index contributed by atoms with van der Waals surface area (Å²) in [5, 5.41) is 3.16. The number of carbonyl (C=O) groups is 1. The van der Waals surface area contributed by atoms with E-state index in [0.29, 0.717) is 23.6 Å². The van der Waals surface area contributed by atoms with Crippen molar-refractivity contribution in [2.45, 2.75) is 13.0 Å². The van der Waals surface area contributed by atoms with Gasteiger partial charge in [-0.05, 0) is 47.1 Å². The fourth-order valence-electron chi connectivity index (χ4n) is 1.65. The van der Waals surface area contributed by atoms with Crippen molar-refractivity contribution in [3.8, 4) is 0 Å². The molecule has 4 nitrogen and oxygen atoms in total. The Hall–Kier alpha value is -0.810. The molecule has 1 saturated heterocycles. The maximum atomic E-state index is 11.8. The second-order valence-corrected chi connectivity index (χ2v) is 4.97. The Labute approximate surface area is 103 Å². The summed E-state index contributed by atoms with van der Waals surface area (Å²) in [6.45, 7) is 2.46. The van der Waals surface area contributed by atoms with Crippen LogP contribution in [-0.2, 0) is 11.3 Å². The van der Waals surface area contributed by atoms with Crippen LogP contribution in [0.5, 0.6) is 0 Å². The lowest BCUT2D eigenvalue weighted by molar-refractivity contribution is -0.132. The molecule has 1 aromatic rings. The van der Waals surface area contributed by atoms with Crippen LogP contribution in [0, 0.1) is 5.92 Å². The van der Waals surface area contributed by atoms with Crippen LogP contribution in [0.1, 0.15) is 12.2 Å². The predicted molar refractivity (Wildman–Crippen MR) is 63.9 cm³/mol. The quantitative estimate of drug-likeness (QED) is 0.915. The van der Waals surface area contributed by atoms with Gasteiger partial charge in [0, 0.05) is 13.5 Å². The lowest BCUT2D eigenvalue weighted by atomic mass is 9.99. The standard InChI is InChI=1S/C11H15BrN2O2/c1-14(7-9-2-3-10(12)16-9)11(15)4-8-5-13-6-8/h2-3,8,13H,4-7H2,1H3. The molecular weight excluding hydrogens is 272 g/mol. The molecule has 88 valence electrons. The van der Waals surface area contributed by atoms with Crippen LogP contribution in [0.2, 0.25) is 0 Å². The lowest BCUT2D eigenvalue weighted by Gasteiger charge is -2.28. The summed E-state index contributed by atoms with van der Waals surface area (Å²) in [5.41, 5.74) is 0. The van der Waals surface area contributed by atoms with Crippen LogP contribution >= 0.6 is 15.9 Å². The SMILES string of the molecule is CN(Cc1ccc(Br)o1)C(=O)CC1CNC1. The van der Waals surface area contributed by atoms with Gasteiger partial charge in [0.25, 0.3) is 0 Å². The Bertz CT molecular complexity index is 374. The molecule has 5 heteroatoms. The summed E-state index contributed by atoms with van der Waals surface area (Å²) in [4.78, 5) is 13.5. The number of rotatable bonds is 4. The van der Waals surface area contributed by atoms with Gasteiger partial charge in [-0.15, -0.1) is 0 Å². The van der Waals surface area contributed by atoms with Crippen molar-refractivity contribution in [1.82, 2.24) is 10.2 Å². The van der Waals surface area contributed by atoms with E-state index in [-0.39, 0.29) is 5.91 Å². The number of amides is 1. The van der Waals surface area contributed by atoms with Crippen molar-refractivity contribution in [3.63, 3.8) is 0 Å². The minimum atomic E-state index is 0.180. The Balaban J connectivity index is 1.82. The van der Waals surface area contributed by atoms with Crippen molar-refractivity contribution < 1.29 is 9.21 Å². The van der Waals surface area contributed by atoms with Gasteiger partial charge >= 0.3 is 0 Å². The normalized spacial score (nSPS) is 15.9. The topological polar surface area (TPSA) is 45.5 Å². The molecule has 2 rings (SSSR count). The highest BCUT2D eigenvalue weighted by Gasteiger charge is 2.22. The highest BCUT2D eigenvalue weighted by atomic mass is 79.9. The third-order valence-electron chi connectivity index (χ3n) is 2.78. The lowest BCUT2D eigenvalue weighted by Crippen LogP contribution is -2.44. The van der Waals surface area contributed by atoms with Crippen molar-refractivity contribution in [2.75, 3.05) is 20.1 Å². The minimum Gasteiger partial charge on any atom is -0.452 e. The summed E-state index contributed by atoms with van der Waals surface area (Å²) < 4.78 is 6.06. The van der Waals surface area contributed by atoms with Gasteiger partial charge in [-0.3, -0.25) is 4.79 Å². The molecule has 0 radical (unpaired) electrons. The fraction of sp³-hybridized carbons (Fsp3) is 0.545. The van der Waals surface area contributed by atoms with Gasteiger partial charge < -0.3 is 14.6 Å². The van der Waals surface area contributed by atoms with Gasteiger partial charge in [0.15, 0.2) is 4.67 Å². The molecular formula is C11H15BrN2O2. The average molecular weight is 287 g/mol. The molecule has 0 bridgehead atoms. The van der Waals surface area contributed by atoms with E-state index in [9.17, 15) is 4.79 Å². The molecule has 1 aliphatic heterocycles. The molecule has 0 aromatic carbocycles. The average Bonchev–Trinajstić information content (AvgIpc) is 2.57. The molecule has 1 N–H and O–H groups in total. The molecule has 1 aromatic heterocycles. The number of furan rings is 1. The van der Waals surface area contributed by atoms with Crippen LogP contribution in [0.15, 0.2) is 21.2 Å². The van der Waals surface area contributed by atoms with Gasteiger partial charge in [-0.25, -0.2) is 0 Å². The summed E-state index contributed by atoms with van der Waals surface area (Å²) in [6.07, 6.45) is 0.630. The summed E-state index contributed by atoms with van der Waals surface area (Å²) in [7, 11) is 1.81. The zero-order valence-corrected chi connectivity index (χ0v) is 10.8. The third-order valence-corrected chi connectivity index (χ3v) is 3.20. The summed E-state index contributed by atoms with van der Waals surface area (Å²) >= 11 is 3.24. The second-order valence-electron chi connectivity index (χ2n) is 4.18. The van der Waals surface area contributed by atoms with E-state index in [1.807, 2.05) is 19.2 Å². The molecule has 0 saturated carbocycles. The van der Waals surface area contributed by atoms with E-state index in [2.05, 4.69) is 21.2 Å². The first-order chi connectivity index (χ1) is 7.65. The zero-order valence-electron chi connectivity index (χ0n) is 9.20. The van der Waals surface area contributed by atoms with Crippen molar-refractivity contribution in [2.24, 2.45) is 5.92 Å². The minimum absolute atomic E-state index is 0.180. The van der Waals surface area contributed by atoms with Crippen LogP contribution in [0.25, 0.3) is 0 Å². The molecule has 0 unspecified atom stereocenters. The van der Waals surface area contributed by atoms with Gasteiger partial charge in [0.1, 0.15) is 5.76 Å². The Morgan fingerprint density at radius 1 is 1.62 bits per heavy atom. The molecule has 0 atom stereocenters. The van der Waals surface area contributed by atoms with E-state index in [1.165, 1.54) is 0 Å². The van der Waals surface area contributed by atoms with E-state index in [0.717, 1.165) is 18.8 Å². The Kier molecular flexibility index (Phi) is 3.66. The predicted octanol–water partition coefficient (Wildman–Crippen LogP) is 1.61. The highest BCUT2D eigenvalue weighted by Crippen LogP contribution is 2.16. The number of nitrogens with zero attached hydrogens (tertiary/aromatic N) is 1. The fourth-order valence-corrected chi connectivity index (χ4v) is 1.99. The van der Waals surface area contributed by atoms with Gasteiger partial charge in [-0.2, -0.15) is 0 Å². The van der Waals surface area contributed by atoms with Crippen LogP contribution in [0.4, 0.5) is 0 Å². The summed E-state index contributed by atoms with van der Waals surface area (Å²) in [5.74, 6) is 1.49. The first-order valence-electron chi connectivity index (χ1n) is 5.34. The first kappa shape index (κ1) is 11.7. The molecule has 1 amide bonds. The summed E-state index contributed by atoms with van der Waals surface area (Å²) in [6, 6.07) is 3.71. The highest BCUT2D eigenvalue weighted by molar-refractivity contribution is 9.10. The van der Waals surface area contributed by atoms with Crippen LogP contribution in [0.3, 0.4) is 0 Å². The van der Waals surface area contributed by atoms with E-state index < -0.39 is 0 Å². The van der Waals surface area contributed by atoms with Crippen molar-refractivity contribution >= 4 is 21.8 Å². The number of halogens is 1. The monoisotopic (exact) mass is 286 g/mol. The first-order valence-corrected chi connectivity index (χ1v) is 6.13. The Morgan fingerprint density at radius 3 is 2.88 bits per heavy atom.